The lowest BCUT2D eigenvalue weighted by Crippen LogP contribution is -2.45. The number of guanidine groups is 1. The van der Waals surface area contributed by atoms with Gasteiger partial charge in [0.15, 0.2) is 0 Å². The van der Waals surface area contributed by atoms with E-state index >= 15 is 0 Å². The zero-order valence-electron chi connectivity index (χ0n) is 14.1. The van der Waals surface area contributed by atoms with Crippen molar-refractivity contribution in [3.05, 3.63) is 29.8 Å². The van der Waals surface area contributed by atoms with Crippen LogP contribution >= 0.6 is 0 Å². The fourth-order valence-electron chi connectivity index (χ4n) is 1.84. The Kier molecular flexibility index (Phi) is 7.80. The number of carbonyl (C=O) groups is 4. The number of carboxylic acid groups (broad SMARTS) is 1. The number of primary amides is 1. The van der Waals surface area contributed by atoms with Gasteiger partial charge in [0.2, 0.25) is 11.9 Å². The number of rotatable bonds is 7. The summed E-state index contributed by atoms with van der Waals surface area (Å²) >= 11 is 0. The van der Waals surface area contributed by atoms with Crippen molar-refractivity contribution in [2.75, 3.05) is 6.54 Å². The zero-order valence-corrected chi connectivity index (χ0v) is 14.1. The first-order valence-electron chi connectivity index (χ1n) is 7.47. The molecule has 0 saturated heterocycles. The number of carbonyl (C=O) groups excluding carboxylic acids is 3. The van der Waals surface area contributed by atoms with E-state index in [1.807, 2.05) is 0 Å². The van der Waals surface area contributed by atoms with E-state index in [0.717, 1.165) is 0 Å². The summed E-state index contributed by atoms with van der Waals surface area (Å²) in [4.78, 5) is 49.3. The third-order valence-corrected chi connectivity index (χ3v) is 2.97. The van der Waals surface area contributed by atoms with Crippen LogP contribution in [0.1, 0.15) is 16.8 Å². The molecular weight excluding hydrogens is 356 g/mol. The lowest BCUT2D eigenvalue weighted by atomic mass is 10.2. The Morgan fingerprint density at radius 2 is 1.96 bits per heavy atom. The van der Waals surface area contributed by atoms with Gasteiger partial charge in [0.05, 0.1) is 12.2 Å². The van der Waals surface area contributed by atoms with E-state index in [4.69, 9.17) is 23.0 Å². The van der Waals surface area contributed by atoms with Crippen LogP contribution in [-0.4, -0.2) is 47.5 Å². The highest BCUT2D eigenvalue weighted by molar-refractivity contribution is 5.98. The second kappa shape index (κ2) is 10.0. The van der Waals surface area contributed by atoms with Crippen molar-refractivity contribution in [1.29, 1.82) is 0 Å². The van der Waals surface area contributed by atoms with Gasteiger partial charge in [0.25, 0.3) is 5.91 Å². The van der Waals surface area contributed by atoms with Crippen LogP contribution in [0.25, 0.3) is 0 Å². The number of amides is 4. The van der Waals surface area contributed by atoms with Gasteiger partial charge in [-0.15, -0.1) is 12.3 Å². The molecule has 0 aromatic heterocycles. The summed E-state index contributed by atoms with van der Waals surface area (Å²) in [5.41, 5.74) is 10.8. The van der Waals surface area contributed by atoms with Crippen LogP contribution in [0.5, 0.6) is 0 Å². The summed E-state index contributed by atoms with van der Waals surface area (Å²) in [6.45, 7) is -0.452. The summed E-state index contributed by atoms with van der Waals surface area (Å²) in [6, 6.07) is 3.73. The predicted octanol–water partition coefficient (Wildman–Crippen LogP) is -1.38. The van der Waals surface area contributed by atoms with E-state index < -0.39 is 36.4 Å². The van der Waals surface area contributed by atoms with Crippen LogP contribution in [0.4, 0.5) is 10.5 Å². The maximum Gasteiger partial charge on any atom is 0.327 e. The number of hydrogen-bond acceptors (Lipinski definition) is 5. The van der Waals surface area contributed by atoms with Crippen LogP contribution in [0.2, 0.25) is 0 Å². The Balaban J connectivity index is 2.69. The molecule has 142 valence electrons. The van der Waals surface area contributed by atoms with Gasteiger partial charge in [-0.05, 0) is 18.2 Å². The maximum absolute atomic E-state index is 12.1. The average molecular weight is 374 g/mol. The standard InChI is InChI=1S/C16H18N6O5/c1-2-4-11(14(25)26)21-12(23)8-19-13(24)9-5-3-6-10(7-9)20-15(17)22-16(18)27/h1,3,5-7,11H,4,8H2,(H,19,24)(H,21,23)(H,25,26)(H5,17,18,20,22,27). The van der Waals surface area contributed by atoms with Crippen molar-refractivity contribution < 1.29 is 24.3 Å². The van der Waals surface area contributed by atoms with Crippen molar-refractivity contribution in [2.24, 2.45) is 16.5 Å². The number of aliphatic carboxylic acids is 1. The van der Waals surface area contributed by atoms with Crippen molar-refractivity contribution in [1.82, 2.24) is 16.0 Å². The van der Waals surface area contributed by atoms with E-state index in [-0.39, 0.29) is 23.6 Å². The predicted molar refractivity (Wildman–Crippen MR) is 95.8 cm³/mol. The minimum atomic E-state index is -1.28. The van der Waals surface area contributed by atoms with E-state index in [2.05, 4.69) is 26.9 Å². The number of carboxylic acids is 1. The maximum atomic E-state index is 12.1. The molecule has 0 radical (unpaired) electrons. The number of hydrogen-bond donors (Lipinski definition) is 6. The fourth-order valence-corrected chi connectivity index (χ4v) is 1.84. The smallest absolute Gasteiger partial charge is 0.327 e. The Bertz CT molecular complexity index is 814. The first-order chi connectivity index (χ1) is 12.7. The molecule has 0 spiro atoms. The van der Waals surface area contributed by atoms with Gasteiger partial charge >= 0.3 is 12.0 Å². The molecule has 1 aromatic carbocycles. The number of nitrogens with zero attached hydrogens (tertiary/aromatic N) is 1. The number of aliphatic imine (C=N–C) groups is 1. The third-order valence-electron chi connectivity index (χ3n) is 2.97. The topological polar surface area (TPSA) is 189 Å². The van der Waals surface area contributed by atoms with E-state index in [0.29, 0.717) is 0 Å². The van der Waals surface area contributed by atoms with Gasteiger partial charge < -0.3 is 27.2 Å². The van der Waals surface area contributed by atoms with Gasteiger partial charge in [-0.25, -0.2) is 14.6 Å². The molecule has 0 aliphatic carbocycles. The van der Waals surface area contributed by atoms with Crippen molar-refractivity contribution in [3.8, 4) is 12.3 Å². The van der Waals surface area contributed by atoms with Crippen LogP contribution in [0.15, 0.2) is 29.3 Å². The molecule has 1 aromatic rings. The van der Waals surface area contributed by atoms with E-state index in [9.17, 15) is 19.2 Å². The fraction of sp³-hybridized carbons (Fsp3) is 0.188. The minimum Gasteiger partial charge on any atom is -0.480 e. The summed E-state index contributed by atoms with van der Waals surface area (Å²) in [7, 11) is 0. The highest BCUT2D eigenvalue weighted by atomic mass is 16.4. The number of nitrogens with one attached hydrogen (secondary N) is 3. The highest BCUT2D eigenvalue weighted by Crippen LogP contribution is 2.13. The van der Waals surface area contributed by atoms with Gasteiger partial charge in [-0.3, -0.25) is 14.9 Å². The molecule has 1 rings (SSSR count). The van der Waals surface area contributed by atoms with Gasteiger partial charge in [0, 0.05) is 12.0 Å². The average Bonchev–Trinajstić information content (AvgIpc) is 2.58. The second-order valence-electron chi connectivity index (χ2n) is 5.09. The van der Waals surface area contributed by atoms with Crippen molar-refractivity contribution in [2.45, 2.75) is 12.5 Å². The molecule has 27 heavy (non-hydrogen) atoms. The highest BCUT2D eigenvalue weighted by Gasteiger charge is 2.19. The lowest BCUT2D eigenvalue weighted by Gasteiger charge is -2.12. The van der Waals surface area contributed by atoms with Crippen LogP contribution in [0.3, 0.4) is 0 Å². The van der Waals surface area contributed by atoms with Gasteiger partial charge in [-0.2, -0.15) is 0 Å². The number of urea groups is 1. The Hall–Kier alpha value is -4.07. The molecule has 0 saturated carbocycles. The van der Waals surface area contributed by atoms with E-state index in [1.54, 1.807) is 0 Å². The second-order valence-corrected chi connectivity index (χ2v) is 5.09. The molecule has 0 heterocycles. The quantitative estimate of drug-likeness (QED) is 0.194. The van der Waals surface area contributed by atoms with Crippen LogP contribution < -0.4 is 27.4 Å². The van der Waals surface area contributed by atoms with Gasteiger partial charge in [0.1, 0.15) is 6.04 Å². The van der Waals surface area contributed by atoms with Crippen LogP contribution in [0, 0.1) is 12.3 Å². The monoisotopic (exact) mass is 374 g/mol. The van der Waals surface area contributed by atoms with Crippen molar-refractivity contribution in [3.63, 3.8) is 0 Å². The molecule has 1 atom stereocenters. The Labute approximate surface area is 154 Å². The Morgan fingerprint density at radius 1 is 1.26 bits per heavy atom. The summed E-state index contributed by atoms with van der Waals surface area (Å²) in [5.74, 6) is -0.712. The molecule has 4 amide bonds. The summed E-state index contributed by atoms with van der Waals surface area (Å²) < 4.78 is 0. The zero-order chi connectivity index (χ0) is 20.4. The first kappa shape index (κ1) is 21.0. The third kappa shape index (κ3) is 7.57. The molecule has 0 bridgehead atoms. The molecule has 11 heteroatoms. The molecule has 0 aliphatic heterocycles. The lowest BCUT2D eigenvalue weighted by molar-refractivity contribution is -0.141. The van der Waals surface area contributed by atoms with Crippen molar-refractivity contribution >= 4 is 35.5 Å². The SMILES string of the molecule is C#CCC(NC(=O)CNC(=O)c1cccc(N=C(N)NC(N)=O)c1)C(=O)O. The largest absolute Gasteiger partial charge is 0.480 e. The minimum absolute atomic E-state index is 0.161. The van der Waals surface area contributed by atoms with E-state index in [1.165, 1.54) is 24.3 Å². The summed E-state index contributed by atoms with van der Waals surface area (Å²) in [6.07, 6.45) is 4.85. The molecule has 11 nitrogen and oxygen atoms in total. The number of terminal acetylenes is 1. The first-order valence-corrected chi connectivity index (χ1v) is 7.47. The Morgan fingerprint density at radius 3 is 2.56 bits per heavy atom. The molecule has 8 N–H and O–H groups in total. The van der Waals surface area contributed by atoms with Crippen LogP contribution in [-0.2, 0) is 9.59 Å². The van der Waals surface area contributed by atoms with Gasteiger partial charge in [-0.1, -0.05) is 6.07 Å². The molecule has 0 aliphatic rings. The molecular formula is C16H18N6O5. The normalized spacial score (nSPS) is 11.6. The number of nitrogens with two attached hydrogens (primary N) is 2. The molecule has 1 unspecified atom stereocenters. The summed E-state index contributed by atoms with van der Waals surface area (Å²) in [5, 5.41) is 15.5. The number of benzene rings is 1. The molecule has 0 fully saturated rings.